The first-order chi connectivity index (χ1) is 17.0. The van der Waals surface area contributed by atoms with Crippen LogP contribution in [0, 0.1) is 0 Å². The number of allylic oxidation sites excluding steroid dienone is 2. The van der Waals surface area contributed by atoms with Crippen LogP contribution >= 0.6 is 0 Å². The number of fused-ring (bicyclic) bond motifs is 1. The maximum Gasteiger partial charge on any atom is 0.337 e. The summed E-state index contributed by atoms with van der Waals surface area (Å²) in [5.41, 5.74) is 5.49. The van der Waals surface area contributed by atoms with Crippen molar-refractivity contribution < 1.29 is 31.4 Å². The second-order valence-electron chi connectivity index (χ2n) is 8.56. The number of aliphatic hydroxyl groups excluding tert-OH is 1. The Kier molecular flexibility index (Phi) is 8.85. The molecule has 187 valence electrons. The quantitative estimate of drug-likeness (QED) is 0.186. The molecule has 0 saturated heterocycles. The summed E-state index contributed by atoms with van der Waals surface area (Å²) in [6.07, 6.45) is 4.44. The average Bonchev–Trinajstić information content (AvgIpc) is 3.13. The standard InChI is InChI=1S/C29H29N3O3.Co/c1-4-32-25-13-9-8-12-24(25)29(2,20-21-10-6-5-7-11-21)26(32)18-19-30-31-27(33)22-14-16-23(17-15-22)28(34)35-3;/h5-19H,4,20H2,1-3H3,(H,31,33);/b26-18-,30-19+;. The number of benzene rings is 3. The summed E-state index contributed by atoms with van der Waals surface area (Å²) in [4.78, 5) is 13.9. The van der Waals surface area contributed by atoms with Gasteiger partial charge in [0.05, 0.1) is 18.9 Å². The number of para-hydroxylation sites is 1. The van der Waals surface area contributed by atoms with E-state index < -0.39 is 5.97 Å². The summed E-state index contributed by atoms with van der Waals surface area (Å²) in [5.74, 6) is -0.667. The molecule has 0 aromatic heterocycles. The normalized spacial score (nSPS) is 18.2. The minimum absolute atomic E-state index is 0. The zero-order valence-electron chi connectivity index (χ0n) is 20.5. The van der Waals surface area contributed by atoms with Crippen molar-refractivity contribution in [3.8, 4) is 0 Å². The third-order valence-electron chi connectivity index (χ3n) is 6.38. The Morgan fingerprint density at radius 3 is 2.31 bits per heavy atom. The minimum atomic E-state index is -0.436. The van der Waals surface area contributed by atoms with Crippen LogP contribution in [-0.4, -0.2) is 36.8 Å². The van der Waals surface area contributed by atoms with E-state index in [0.29, 0.717) is 11.1 Å². The van der Waals surface area contributed by atoms with Crippen LogP contribution in [-0.2, 0) is 33.4 Å². The topological polar surface area (TPSA) is 74.5 Å². The molecule has 1 N–H and O–H groups in total. The van der Waals surface area contributed by atoms with Gasteiger partial charge < -0.3 is 14.7 Å². The Morgan fingerprint density at radius 2 is 1.64 bits per heavy atom. The van der Waals surface area contributed by atoms with Gasteiger partial charge in [0.2, 0.25) is 5.90 Å². The van der Waals surface area contributed by atoms with Crippen LogP contribution in [0.4, 0.5) is 5.69 Å². The van der Waals surface area contributed by atoms with Gasteiger partial charge >= 0.3 is 5.97 Å². The molecular weight excluding hydrogens is 497 g/mol. The molecule has 0 amide bonds. The predicted octanol–water partition coefficient (Wildman–Crippen LogP) is 5.69. The first-order valence-electron chi connectivity index (χ1n) is 11.6. The molecule has 3 aromatic carbocycles. The van der Waals surface area contributed by atoms with Crippen LogP contribution < -0.4 is 4.90 Å². The fraction of sp³-hybridized carbons (Fsp3) is 0.207. The first-order valence-corrected chi connectivity index (χ1v) is 11.6. The second kappa shape index (κ2) is 11.8. The molecule has 1 aliphatic rings. The number of anilines is 1. The summed E-state index contributed by atoms with van der Waals surface area (Å²) in [5, 5.41) is 18.4. The molecule has 1 aliphatic heterocycles. The van der Waals surface area contributed by atoms with E-state index in [1.807, 2.05) is 12.1 Å². The summed E-state index contributed by atoms with van der Waals surface area (Å²) in [7, 11) is 1.33. The molecule has 4 rings (SSSR count). The number of aliphatic hydroxyl groups is 1. The Hall–Kier alpha value is -3.68. The fourth-order valence-corrected chi connectivity index (χ4v) is 4.67. The Bertz CT molecular complexity index is 1290. The van der Waals surface area contributed by atoms with Crippen molar-refractivity contribution in [2.45, 2.75) is 25.7 Å². The van der Waals surface area contributed by atoms with Crippen LogP contribution in [0.25, 0.3) is 0 Å². The summed E-state index contributed by atoms with van der Waals surface area (Å²) < 4.78 is 4.69. The molecule has 0 spiro atoms. The summed E-state index contributed by atoms with van der Waals surface area (Å²) in [6, 6.07) is 25.3. The smallest absolute Gasteiger partial charge is 0.337 e. The molecule has 7 heteroatoms. The molecule has 1 radical (unpaired) electrons. The molecule has 0 aliphatic carbocycles. The van der Waals surface area contributed by atoms with Gasteiger partial charge in [-0.05, 0) is 67.8 Å². The number of hydrogen-bond acceptors (Lipinski definition) is 5. The van der Waals surface area contributed by atoms with Gasteiger partial charge in [-0.25, -0.2) is 4.79 Å². The number of rotatable bonds is 7. The first kappa shape index (κ1) is 26.9. The number of ether oxygens (including phenoxy) is 1. The molecule has 1 unspecified atom stereocenters. The maximum absolute atomic E-state index is 11.6. The van der Waals surface area contributed by atoms with Crippen molar-refractivity contribution in [1.82, 2.24) is 0 Å². The number of esters is 1. The molecule has 3 aromatic rings. The largest absolute Gasteiger partial charge is 0.492 e. The zero-order valence-corrected chi connectivity index (χ0v) is 21.6. The van der Waals surface area contributed by atoms with Gasteiger partial charge in [0.1, 0.15) is 0 Å². The predicted molar refractivity (Wildman–Crippen MR) is 140 cm³/mol. The SMILES string of the molecule is CCN1\C(=C/C=N/N=C(\O)c2ccc(C(=O)OC)cc2)C(C)(Cc2ccccc2)c2ccccc21.[Co]. The van der Waals surface area contributed by atoms with E-state index >= 15 is 0 Å². The van der Waals surface area contributed by atoms with Crippen LogP contribution in [0.2, 0.25) is 0 Å². The average molecular weight is 527 g/mol. The van der Waals surface area contributed by atoms with Gasteiger partial charge in [0.15, 0.2) is 0 Å². The van der Waals surface area contributed by atoms with E-state index in [1.54, 1.807) is 30.5 Å². The van der Waals surface area contributed by atoms with Gasteiger partial charge in [0.25, 0.3) is 0 Å². The van der Waals surface area contributed by atoms with Gasteiger partial charge in [-0.15, -0.1) is 5.10 Å². The molecule has 6 nitrogen and oxygen atoms in total. The number of likely N-dealkylation sites (N-methyl/N-ethyl adjacent to an activating group) is 1. The zero-order chi connectivity index (χ0) is 24.8. The Morgan fingerprint density at radius 1 is 1.00 bits per heavy atom. The second-order valence-corrected chi connectivity index (χ2v) is 8.56. The van der Waals surface area contributed by atoms with Crippen molar-refractivity contribution in [2.24, 2.45) is 10.2 Å². The van der Waals surface area contributed by atoms with E-state index in [4.69, 9.17) is 4.74 Å². The van der Waals surface area contributed by atoms with Crippen LogP contribution in [0.5, 0.6) is 0 Å². The molecule has 36 heavy (non-hydrogen) atoms. The van der Waals surface area contributed by atoms with E-state index in [-0.39, 0.29) is 28.1 Å². The Balaban J connectivity index is 0.00000361. The molecule has 1 atom stereocenters. The van der Waals surface area contributed by atoms with Crippen molar-refractivity contribution in [2.75, 3.05) is 18.6 Å². The van der Waals surface area contributed by atoms with E-state index in [9.17, 15) is 9.90 Å². The number of carbonyl (C=O) groups is 1. The van der Waals surface area contributed by atoms with Crippen LogP contribution in [0.15, 0.2) is 101 Å². The molecule has 1 heterocycles. The van der Waals surface area contributed by atoms with E-state index in [2.05, 4.69) is 77.5 Å². The van der Waals surface area contributed by atoms with Gasteiger partial charge in [-0.1, -0.05) is 48.5 Å². The van der Waals surface area contributed by atoms with E-state index in [0.717, 1.165) is 18.7 Å². The number of carbonyl (C=O) groups excluding carboxylic acids is 1. The van der Waals surface area contributed by atoms with E-state index in [1.165, 1.54) is 23.9 Å². The monoisotopic (exact) mass is 526 g/mol. The Labute approximate surface area is 222 Å². The third-order valence-corrected chi connectivity index (χ3v) is 6.38. The fourth-order valence-electron chi connectivity index (χ4n) is 4.67. The van der Waals surface area contributed by atoms with Gasteiger partial charge in [-0.2, -0.15) is 5.10 Å². The van der Waals surface area contributed by atoms with Gasteiger partial charge in [-0.3, -0.25) is 0 Å². The number of nitrogens with zero attached hydrogens (tertiary/aromatic N) is 3. The maximum atomic E-state index is 11.6. The van der Waals surface area contributed by atoms with Gasteiger partial charge in [0, 0.05) is 45.7 Å². The molecule has 0 saturated carbocycles. The number of methoxy groups -OCH3 is 1. The molecule has 0 bridgehead atoms. The number of hydrogen-bond donors (Lipinski definition) is 1. The van der Waals surface area contributed by atoms with Crippen LogP contribution in [0.1, 0.15) is 40.9 Å². The molecular formula is C29H29CoN3O3. The minimum Gasteiger partial charge on any atom is -0.492 e. The molecule has 0 fully saturated rings. The van der Waals surface area contributed by atoms with Crippen LogP contribution in [0.3, 0.4) is 0 Å². The third kappa shape index (κ3) is 5.42. The van der Waals surface area contributed by atoms with Crippen molar-refractivity contribution in [1.29, 1.82) is 0 Å². The summed E-state index contributed by atoms with van der Waals surface area (Å²) in [6.45, 7) is 5.22. The van der Waals surface area contributed by atoms with Crippen molar-refractivity contribution in [3.63, 3.8) is 0 Å². The van der Waals surface area contributed by atoms with Crippen molar-refractivity contribution >= 4 is 23.8 Å². The van der Waals surface area contributed by atoms with Crippen molar-refractivity contribution in [3.05, 3.63) is 113 Å². The summed E-state index contributed by atoms with van der Waals surface area (Å²) >= 11 is 0.